The molecule has 2 atom stereocenters. The lowest BCUT2D eigenvalue weighted by atomic mass is 9.90. The topological polar surface area (TPSA) is 18.5 Å². The van der Waals surface area contributed by atoms with Gasteiger partial charge >= 0.3 is 0 Å². The number of rotatable bonds is 15. The minimum absolute atomic E-state index is 0.0769. The molecular weight excluding hydrogens is 540 g/mol. The normalized spacial score (nSPS) is 17.0. The van der Waals surface area contributed by atoms with Crippen LogP contribution in [0.1, 0.15) is 103 Å². The molecule has 0 saturated carbocycles. The monoisotopic (exact) mass is 584 g/mol. The van der Waals surface area contributed by atoms with E-state index in [9.17, 15) is 8.78 Å². The summed E-state index contributed by atoms with van der Waals surface area (Å²) in [5.74, 6) is -3.48. The van der Waals surface area contributed by atoms with Gasteiger partial charge in [0.2, 0.25) is 5.82 Å². The maximum atomic E-state index is 15.2. The summed E-state index contributed by atoms with van der Waals surface area (Å²) in [5.41, 5.74) is 1.31. The van der Waals surface area contributed by atoms with Crippen LogP contribution in [0.3, 0.4) is 0 Å². The Labute approximate surface area is 248 Å². The first-order valence-electron chi connectivity index (χ1n) is 15.8. The van der Waals surface area contributed by atoms with E-state index in [2.05, 4.69) is 13.8 Å². The van der Waals surface area contributed by atoms with Crippen molar-refractivity contribution in [2.45, 2.75) is 97.0 Å². The van der Waals surface area contributed by atoms with Crippen molar-refractivity contribution in [3.05, 3.63) is 77.4 Å². The van der Waals surface area contributed by atoms with Gasteiger partial charge in [0.25, 0.3) is 0 Å². The van der Waals surface area contributed by atoms with Gasteiger partial charge in [0.1, 0.15) is 0 Å². The van der Waals surface area contributed by atoms with Gasteiger partial charge in [-0.3, -0.25) is 0 Å². The Morgan fingerprint density at radius 3 is 1.86 bits per heavy atom. The molecule has 42 heavy (non-hydrogen) atoms. The quantitative estimate of drug-likeness (QED) is 0.131. The molecule has 0 radical (unpaired) electrons. The SMILES string of the molecule is CCCCCCCC1CCC(c2ccc(-c3ccc(-c4ccc(OCCCCCC)c(F)c4F)cc3)c(F)c2F)OC1. The highest BCUT2D eigenvalue weighted by molar-refractivity contribution is 5.71. The van der Waals surface area contributed by atoms with Crippen LogP contribution in [0.5, 0.6) is 5.75 Å². The largest absolute Gasteiger partial charge is 0.490 e. The summed E-state index contributed by atoms with van der Waals surface area (Å²) in [7, 11) is 0. The van der Waals surface area contributed by atoms with E-state index in [-0.39, 0.29) is 22.4 Å². The number of benzene rings is 3. The number of ether oxygens (including phenoxy) is 2. The average molecular weight is 585 g/mol. The summed E-state index contributed by atoms with van der Waals surface area (Å²) < 4.78 is 71.5. The molecule has 0 aromatic heterocycles. The van der Waals surface area contributed by atoms with Crippen LogP contribution in [-0.2, 0) is 4.74 Å². The second-order valence-corrected chi connectivity index (χ2v) is 11.5. The number of hydrogen-bond acceptors (Lipinski definition) is 2. The van der Waals surface area contributed by atoms with Gasteiger partial charge in [-0.25, -0.2) is 13.2 Å². The minimum Gasteiger partial charge on any atom is -0.490 e. The number of halogens is 4. The van der Waals surface area contributed by atoms with Crippen LogP contribution < -0.4 is 4.74 Å². The van der Waals surface area contributed by atoms with Crippen LogP contribution in [0.2, 0.25) is 0 Å². The molecule has 2 nitrogen and oxygen atoms in total. The lowest BCUT2D eigenvalue weighted by Crippen LogP contribution is -2.21. The summed E-state index contributed by atoms with van der Waals surface area (Å²) in [4.78, 5) is 0. The van der Waals surface area contributed by atoms with E-state index in [1.54, 1.807) is 36.4 Å². The third kappa shape index (κ3) is 8.15. The molecule has 1 aliphatic heterocycles. The third-order valence-electron chi connectivity index (χ3n) is 8.35. The van der Waals surface area contributed by atoms with E-state index >= 15 is 8.78 Å². The summed E-state index contributed by atoms with van der Waals surface area (Å²) in [6.07, 6.45) is 12.4. The first-order chi connectivity index (χ1) is 20.4. The number of hydrogen-bond donors (Lipinski definition) is 0. The Bertz CT molecular complexity index is 1270. The molecule has 0 aliphatic carbocycles. The van der Waals surface area contributed by atoms with E-state index in [4.69, 9.17) is 9.47 Å². The minimum atomic E-state index is -1.03. The van der Waals surface area contributed by atoms with Gasteiger partial charge in [0, 0.05) is 16.7 Å². The molecule has 228 valence electrons. The van der Waals surface area contributed by atoms with Crippen LogP contribution in [-0.4, -0.2) is 13.2 Å². The summed E-state index contributed by atoms with van der Waals surface area (Å²) >= 11 is 0. The van der Waals surface area contributed by atoms with Crippen molar-refractivity contribution in [2.24, 2.45) is 5.92 Å². The molecule has 0 spiro atoms. The first-order valence-corrected chi connectivity index (χ1v) is 15.8. The van der Waals surface area contributed by atoms with Crippen molar-refractivity contribution in [1.29, 1.82) is 0 Å². The highest BCUT2D eigenvalue weighted by Gasteiger charge is 2.27. The molecule has 4 rings (SSSR count). The van der Waals surface area contributed by atoms with Crippen LogP contribution in [0.4, 0.5) is 17.6 Å². The van der Waals surface area contributed by atoms with Crippen molar-refractivity contribution in [3.8, 4) is 28.0 Å². The average Bonchev–Trinajstić information content (AvgIpc) is 3.01. The van der Waals surface area contributed by atoms with Crippen molar-refractivity contribution in [2.75, 3.05) is 13.2 Å². The Hall–Kier alpha value is -2.86. The maximum absolute atomic E-state index is 15.2. The summed E-state index contributed by atoms with van der Waals surface area (Å²) in [6, 6.07) is 12.4. The molecule has 3 aromatic rings. The van der Waals surface area contributed by atoms with Crippen LogP contribution in [0.25, 0.3) is 22.3 Å². The first kappa shape index (κ1) is 32.1. The predicted molar refractivity (Wildman–Crippen MR) is 162 cm³/mol. The molecule has 1 saturated heterocycles. The van der Waals surface area contributed by atoms with Crippen molar-refractivity contribution >= 4 is 0 Å². The van der Waals surface area contributed by atoms with Crippen molar-refractivity contribution in [1.82, 2.24) is 0 Å². The van der Waals surface area contributed by atoms with Crippen LogP contribution in [0.15, 0.2) is 48.5 Å². The summed E-state index contributed by atoms with van der Waals surface area (Å²) in [6.45, 7) is 5.21. The third-order valence-corrected chi connectivity index (χ3v) is 8.35. The van der Waals surface area contributed by atoms with Gasteiger partial charge in [-0.15, -0.1) is 0 Å². The fourth-order valence-electron chi connectivity index (χ4n) is 5.76. The molecular formula is C36H44F4O2. The molecule has 0 N–H and O–H groups in total. The zero-order chi connectivity index (χ0) is 29.9. The lowest BCUT2D eigenvalue weighted by Gasteiger charge is -2.30. The molecule has 2 unspecified atom stereocenters. The van der Waals surface area contributed by atoms with Crippen molar-refractivity contribution in [3.63, 3.8) is 0 Å². The molecule has 0 amide bonds. The second-order valence-electron chi connectivity index (χ2n) is 11.5. The van der Waals surface area contributed by atoms with Gasteiger partial charge in [0.15, 0.2) is 23.2 Å². The Morgan fingerprint density at radius 2 is 1.24 bits per heavy atom. The zero-order valence-electron chi connectivity index (χ0n) is 25.0. The maximum Gasteiger partial charge on any atom is 0.201 e. The number of unbranched alkanes of at least 4 members (excludes halogenated alkanes) is 7. The van der Waals surface area contributed by atoms with E-state index in [1.807, 2.05) is 0 Å². The molecule has 3 aromatic carbocycles. The van der Waals surface area contributed by atoms with Crippen LogP contribution >= 0.6 is 0 Å². The van der Waals surface area contributed by atoms with Gasteiger partial charge in [-0.05, 0) is 54.9 Å². The molecule has 0 bridgehead atoms. The van der Waals surface area contributed by atoms with E-state index < -0.39 is 29.4 Å². The zero-order valence-corrected chi connectivity index (χ0v) is 25.0. The predicted octanol–water partition coefficient (Wildman–Crippen LogP) is 11.4. The second kappa shape index (κ2) is 16.1. The highest BCUT2D eigenvalue weighted by atomic mass is 19.2. The van der Waals surface area contributed by atoms with Gasteiger partial charge in [0.05, 0.1) is 19.3 Å². The van der Waals surface area contributed by atoms with E-state index in [0.717, 1.165) is 38.5 Å². The van der Waals surface area contributed by atoms with Gasteiger partial charge in [-0.1, -0.05) is 102 Å². The van der Waals surface area contributed by atoms with E-state index in [0.29, 0.717) is 36.7 Å². The molecule has 1 heterocycles. The molecule has 6 heteroatoms. The standard InChI is InChI=1S/C36H44F4O2/c1-3-5-7-9-10-12-25-13-21-31(42-24-25)30-19-18-28(33(37)35(30)39)26-14-16-27(17-15-26)29-20-22-32(36(40)34(29)38)41-23-11-8-6-4-2/h14-20,22,25,31H,3-13,21,23-24H2,1-2H3. The Morgan fingerprint density at radius 1 is 0.643 bits per heavy atom. The van der Waals surface area contributed by atoms with E-state index in [1.165, 1.54) is 44.2 Å². The van der Waals surface area contributed by atoms with Gasteiger partial charge in [-0.2, -0.15) is 4.39 Å². The summed E-state index contributed by atoms with van der Waals surface area (Å²) in [5, 5.41) is 0. The van der Waals surface area contributed by atoms with Crippen molar-refractivity contribution < 1.29 is 27.0 Å². The van der Waals surface area contributed by atoms with Gasteiger partial charge < -0.3 is 9.47 Å². The Kier molecular flexibility index (Phi) is 12.3. The lowest BCUT2D eigenvalue weighted by molar-refractivity contribution is -0.0218. The fourth-order valence-corrected chi connectivity index (χ4v) is 5.76. The molecule has 1 aliphatic rings. The highest BCUT2D eigenvalue weighted by Crippen LogP contribution is 2.37. The Balaban J connectivity index is 1.38. The molecule has 1 fully saturated rings. The fraction of sp³-hybridized carbons (Fsp3) is 0.500. The van der Waals surface area contributed by atoms with Crippen LogP contribution in [0, 0.1) is 29.2 Å². The smallest absolute Gasteiger partial charge is 0.201 e.